The Balaban J connectivity index is 1.61. The lowest BCUT2D eigenvalue weighted by Crippen LogP contribution is -2.46. The van der Waals surface area contributed by atoms with E-state index in [0.717, 1.165) is 10.2 Å². The van der Waals surface area contributed by atoms with Crippen molar-refractivity contribution in [1.82, 2.24) is 4.98 Å². The first kappa shape index (κ1) is 17.8. The van der Waals surface area contributed by atoms with Crippen molar-refractivity contribution in [3.63, 3.8) is 0 Å². The second kappa shape index (κ2) is 7.17. The summed E-state index contributed by atoms with van der Waals surface area (Å²) in [6.07, 6.45) is 0. The lowest BCUT2D eigenvalue weighted by molar-refractivity contribution is -0.124. The first-order chi connectivity index (χ1) is 13.1. The maximum Gasteiger partial charge on any atom is 0.265 e. The Hall–Kier alpha value is -2.64. The average Bonchev–Trinajstić information content (AvgIpc) is 3.07. The Bertz CT molecular complexity index is 1040. The first-order valence-electron chi connectivity index (χ1n) is 8.45. The van der Waals surface area contributed by atoms with Crippen LogP contribution in [0.3, 0.4) is 0 Å². The van der Waals surface area contributed by atoms with Crippen LogP contribution in [0.4, 0.5) is 10.8 Å². The molecular formula is C19H16ClN3O3S. The van der Waals surface area contributed by atoms with Crippen LogP contribution in [0.25, 0.3) is 10.2 Å². The van der Waals surface area contributed by atoms with E-state index in [1.807, 2.05) is 25.1 Å². The molecule has 4 rings (SSSR count). The molecule has 6 nitrogen and oxygen atoms in total. The molecular weight excluding hydrogens is 386 g/mol. The molecule has 0 N–H and O–H groups in total. The van der Waals surface area contributed by atoms with Crippen LogP contribution >= 0.6 is 22.9 Å². The van der Waals surface area contributed by atoms with E-state index in [0.29, 0.717) is 28.1 Å². The maximum absolute atomic E-state index is 13.0. The number of carbonyl (C=O) groups excluding carboxylic acids is 2. The molecule has 1 aliphatic heterocycles. The number of ether oxygens (including phenoxy) is 1. The van der Waals surface area contributed by atoms with Crippen molar-refractivity contribution in [2.45, 2.75) is 6.92 Å². The predicted molar refractivity (Wildman–Crippen MR) is 107 cm³/mol. The Morgan fingerprint density at radius 3 is 2.96 bits per heavy atom. The summed E-state index contributed by atoms with van der Waals surface area (Å²) in [5.74, 6) is 0.157. The van der Waals surface area contributed by atoms with Gasteiger partial charge in [0, 0.05) is 11.6 Å². The summed E-state index contributed by atoms with van der Waals surface area (Å²) in [4.78, 5) is 32.9. The summed E-state index contributed by atoms with van der Waals surface area (Å²) in [6, 6.07) is 12.7. The number of benzene rings is 2. The maximum atomic E-state index is 13.0. The van der Waals surface area contributed by atoms with Gasteiger partial charge in [-0.3, -0.25) is 19.4 Å². The van der Waals surface area contributed by atoms with Crippen molar-refractivity contribution < 1.29 is 14.3 Å². The van der Waals surface area contributed by atoms with Crippen molar-refractivity contribution in [3.8, 4) is 5.75 Å². The van der Waals surface area contributed by atoms with E-state index < -0.39 is 0 Å². The Morgan fingerprint density at radius 2 is 2.15 bits per heavy atom. The number of amides is 2. The monoisotopic (exact) mass is 401 g/mol. The van der Waals surface area contributed by atoms with Crippen molar-refractivity contribution >= 4 is 55.8 Å². The van der Waals surface area contributed by atoms with E-state index >= 15 is 0 Å². The van der Waals surface area contributed by atoms with Gasteiger partial charge in [-0.2, -0.15) is 0 Å². The summed E-state index contributed by atoms with van der Waals surface area (Å²) < 4.78 is 6.38. The predicted octanol–water partition coefficient (Wildman–Crippen LogP) is 3.73. The summed E-state index contributed by atoms with van der Waals surface area (Å²) in [7, 11) is 0. The van der Waals surface area contributed by atoms with Crippen LogP contribution < -0.4 is 14.5 Å². The highest BCUT2D eigenvalue weighted by Crippen LogP contribution is 2.33. The van der Waals surface area contributed by atoms with Crippen molar-refractivity contribution in [3.05, 3.63) is 47.5 Å². The zero-order valence-corrected chi connectivity index (χ0v) is 16.1. The smallest absolute Gasteiger partial charge is 0.265 e. The first-order valence-corrected chi connectivity index (χ1v) is 9.65. The quantitative estimate of drug-likeness (QED) is 0.668. The molecule has 3 aromatic rings. The van der Waals surface area contributed by atoms with Gasteiger partial charge in [-0.05, 0) is 37.3 Å². The number of anilines is 2. The number of carbonyl (C=O) groups is 2. The average molecular weight is 402 g/mol. The van der Waals surface area contributed by atoms with E-state index in [1.165, 1.54) is 16.2 Å². The number of thiazole rings is 1. The number of nitrogens with zero attached hydrogens (tertiary/aromatic N) is 3. The normalized spacial score (nSPS) is 13.4. The van der Waals surface area contributed by atoms with Gasteiger partial charge < -0.3 is 4.74 Å². The molecule has 0 atom stereocenters. The Kier molecular flexibility index (Phi) is 4.72. The summed E-state index contributed by atoms with van der Waals surface area (Å²) in [6.45, 7) is 2.19. The van der Waals surface area contributed by atoms with E-state index in [-0.39, 0.29) is 25.0 Å². The third-order valence-electron chi connectivity index (χ3n) is 4.29. The van der Waals surface area contributed by atoms with Gasteiger partial charge in [0.2, 0.25) is 5.91 Å². The van der Waals surface area contributed by atoms with Gasteiger partial charge in [-0.15, -0.1) is 0 Å². The SMILES string of the molecule is CCN(C(=O)CN1C(=O)COc2ccccc21)c1nc2cc(Cl)ccc2s1. The number of rotatable bonds is 4. The molecule has 1 aliphatic rings. The van der Waals surface area contributed by atoms with Gasteiger partial charge in [0.25, 0.3) is 5.91 Å². The van der Waals surface area contributed by atoms with E-state index in [9.17, 15) is 9.59 Å². The minimum atomic E-state index is -0.241. The van der Waals surface area contributed by atoms with Crippen molar-refractivity contribution in [2.24, 2.45) is 0 Å². The summed E-state index contributed by atoms with van der Waals surface area (Å²) in [5, 5.41) is 1.19. The number of hydrogen-bond donors (Lipinski definition) is 0. The molecule has 0 unspecified atom stereocenters. The van der Waals surface area contributed by atoms with Gasteiger partial charge in [0.1, 0.15) is 12.3 Å². The number of fused-ring (bicyclic) bond motifs is 2. The lowest BCUT2D eigenvalue weighted by Gasteiger charge is -2.30. The number of halogens is 1. The van der Waals surface area contributed by atoms with Crippen LogP contribution in [0, 0.1) is 0 Å². The van der Waals surface area contributed by atoms with E-state index in [2.05, 4.69) is 4.98 Å². The molecule has 0 bridgehead atoms. The largest absolute Gasteiger partial charge is 0.482 e. The molecule has 2 amide bonds. The van der Waals surface area contributed by atoms with Gasteiger partial charge >= 0.3 is 0 Å². The fourth-order valence-corrected chi connectivity index (χ4v) is 4.16. The number of hydrogen-bond acceptors (Lipinski definition) is 5. The van der Waals surface area contributed by atoms with Crippen molar-refractivity contribution in [2.75, 3.05) is 29.5 Å². The van der Waals surface area contributed by atoms with Gasteiger partial charge in [0.15, 0.2) is 11.7 Å². The summed E-state index contributed by atoms with van der Waals surface area (Å²) in [5.41, 5.74) is 1.36. The molecule has 8 heteroatoms. The van der Waals surface area contributed by atoms with Gasteiger partial charge in [0.05, 0.1) is 15.9 Å². The molecule has 2 aromatic carbocycles. The van der Waals surface area contributed by atoms with Crippen LogP contribution in [-0.2, 0) is 9.59 Å². The molecule has 2 heterocycles. The molecule has 0 saturated heterocycles. The van der Waals surface area contributed by atoms with Crippen LogP contribution in [0.2, 0.25) is 5.02 Å². The number of likely N-dealkylation sites (N-methyl/N-ethyl adjacent to an activating group) is 1. The van der Waals surface area contributed by atoms with Gasteiger partial charge in [-0.25, -0.2) is 4.98 Å². The molecule has 0 fully saturated rings. The Labute approximate surface area is 164 Å². The molecule has 138 valence electrons. The van der Waals surface area contributed by atoms with Crippen LogP contribution in [0.5, 0.6) is 5.75 Å². The van der Waals surface area contributed by atoms with Crippen LogP contribution in [-0.4, -0.2) is 36.5 Å². The highest BCUT2D eigenvalue weighted by Gasteiger charge is 2.29. The lowest BCUT2D eigenvalue weighted by atomic mass is 10.2. The topological polar surface area (TPSA) is 62.7 Å². The summed E-state index contributed by atoms with van der Waals surface area (Å²) >= 11 is 7.45. The minimum Gasteiger partial charge on any atom is -0.482 e. The number of para-hydroxylation sites is 2. The fraction of sp³-hybridized carbons (Fsp3) is 0.211. The minimum absolute atomic E-state index is 0.0657. The molecule has 0 spiro atoms. The number of aromatic nitrogens is 1. The molecule has 1 aromatic heterocycles. The highest BCUT2D eigenvalue weighted by atomic mass is 35.5. The second-order valence-electron chi connectivity index (χ2n) is 5.98. The third-order valence-corrected chi connectivity index (χ3v) is 5.58. The van der Waals surface area contributed by atoms with E-state index in [1.54, 1.807) is 29.2 Å². The fourth-order valence-electron chi connectivity index (χ4n) is 2.97. The second-order valence-corrected chi connectivity index (χ2v) is 7.43. The molecule has 0 radical (unpaired) electrons. The Morgan fingerprint density at radius 1 is 1.33 bits per heavy atom. The standard InChI is InChI=1S/C19H16ClN3O3S/c1-2-22(19-21-13-9-12(20)7-8-16(13)27-19)17(24)10-23-14-5-3-4-6-15(14)26-11-18(23)25/h3-9H,2,10-11H2,1H3. The highest BCUT2D eigenvalue weighted by molar-refractivity contribution is 7.22. The molecule has 0 saturated carbocycles. The molecule has 27 heavy (non-hydrogen) atoms. The van der Waals surface area contributed by atoms with Crippen LogP contribution in [0.15, 0.2) is 42.5 Å². The van der Waals surface area contributed by atoms with Crippen LogP contribution in [0.1, 0.15) is 6.92 Å². The third kappa shape index (κ3) is 3.36. The van der Waals surface area contributed by atoms with Gasteiger partial charge in [-0.1, -0.05) is 35.1 Å². The molecule has 0 aliphatic carbocycles. The van der Waals surface area contributed by atoms with E-state index in [4.69, 9.17) is 16.3 Å². The zero-order chi connectivity index (χ0) is 19.0. The van der Waals surface area contributed by atoms with Crippen molar-refractivity contribution in [1.29, 1.82) is 0 Å². The zero-order valence-electron chi connectivity index (χ0n) is 14.5.